The normalized spacial score (nSPS) is 19.1. The summed E-state index contributed by atoms with van der Waals surface area (Å²) in [6.07, 6.45) is 0.0223. The topological polar surface area (TPSA) is 79.9 Å². The van der Waals surface area contributed by atoms with E-state index in [1.807, 2.05) is 60.7 Å². The summed E-state index contributed by atoms with van der Waals surface area (Å²) < 4.78 is 12.0. The van der Waals surface area contributed by atoms with Gasteiger partial charge in [0.25, 0.3) is 5.91 Å². The number of nitrogens with one attached hydrogen (secondary N) is 2. The highest BCUT2D eigenvalue weighted by Gasteiger charge is 2.30. The fourth-order valence-corrected chi connectivity index (χ4v) is 4.84. The molecule has 7 heteroatoms. The van der Waals surface area contributed by atoms with Crippen LogP contribution in [0.4, 0.5) is 0 Å². The third-order valence-corrected chi connectivity index (χ3v) is 6.57. The number of methoxy groups -OCH3 is 1. The second kappa shape index (κ2) is 10.2. The van der Waals surface area contributed by atoms with Crippen molar-refractivity contribution in [2.24, 2.45) is 0 Å². The van der Waals surface area contributed by atoms with Gasteiger partial charge in [-0.1, -0.05) is 54.6 Å². The van der Waals surface area contributed by atoms with Crippen molar-refractivity contribution in [3.05, 3.63) is 95.1 Å². The van der Waals surface area contributed by atoms with E-state index in [1.54, 1.807) is 13.2 Å². The van der Waals surface area contributed by atoms with E-state index in [9.17, 15) is 9.59 Å². The summed E-state index contributed by atoms with van der Waals surface area (Å²) in [7, 11) is 1.67. The average molecular weight is 472 g/mol. The lowest BCUT2D eigenvalue weighted by Gasteiger charge is -2.25. The number of amides is 2. The van der Waals surface area contributed by atoms with Crippen LogP contribution in [-0.2, 0) is 11.3 Å². The van der Waals surface area contributed by atoms with E-state index in [1.165, 1.54) is 0 Å². The van der Waals surface area contributed by atoms with Gasteiger partial charge in [0, 0.05) is 42.9 Å². The third kappa shape index (κ3) is 5.00. The van der Waals surface area contributed by atoms with Gasteiger partial charge in [-0.05, 0) is 23.8 Å². The third-order valence-electron chi connectivity index (χ3n) is 6.57. The summed E-state index contributed by atoms with van der Waals surface area (Å²) in [5.74, 6) is 1.46. The van der Waals surface area contributed by atoms with E-state index >= 15 is 0 Å². The van der Waals surface area contributed by atoms with Gasteiger partial charge in [0.15, 0.2) is 0 Å². The molecule has 35 heavy (non-hydrogen) atoms. The zero-order valence-corrected chi connectivity index (χ0v) is 19.7. The largest absolute Gasteiger partial charge is 0.496 e. The molecular weight excluding hydrogens is 442 g/mol. The molecule has 2 amide bonds. The molecular formula is C28H29N3O4. The average Bonchev–Trinajstić information content (AvgIpc) is 3.07. The fraction of sp³-hybridized carbons (Fsp3) is 0.286. The zero-order valence-electron chi connectivity index (χ0n) is 19.7. The Bertz CT molecular complexity index is 1230. The minimum Gasteiger partial charge on any atom is -0.496 e. The minimum atomic E-state index is -0.285. The highest BCUT2D eigenvalue weighted by atomic mass is 16.5. The standard InChI is InChI=1S/C28H29N3O4/c1-34-25-13-7-5-11-22(25)26-18-31(17-19-8-2-6-12-24(19)35-26)15-14-29-27(32)16-23-20-9-3-4-10-21(20)28(33)30-23/h2-13,23,26H,14-18H2,1H3,(H,29,32)(H,30,33). The Hall–Kier alpha value is -3.84. The van der Waals surface area contributed by atoms with E-state index < -0.39 is 0 Å². The van der Waals surface area contributed by atoms with E-state index in [0.29, 0.717) is 25.2 Å². The summed E-state index contributed by atoms with van der Waals surface area (Å²) in [5, 5.41) is 5.93. The first-order valence-corrected chi connectivity index (χ1v) is 11.9. The summed E-state index contributed by atoms with van der Waals surface area (Å²) >= 11 is 0. The first-order chi connectivity index (χ1) is 17.1. The van der Waals surface area contributed by atoms with E-state index in [-0.39, 0.29) is 30.4 Å². The molecule has 2 aliphatic rings. The molecule has 2 heterocycles. The van der Waals surface area contributed by atoms with Gasteiger partial charge >= 0.3 is 0 Å². The van der Waals surface area contributed by atoms with Gasteiger partial charge in [-0.3, -0.25) is 14.5 Å². The first kappa shape index (κ1) is 22.9. The first-order valence-electron chi connectivity index (χ1n) is 11.9. The van der Waals surface area contributed by atoms with Gasteiger partial charge in [0.2, 0.25) is 5.91 Å². The highest BCUT2D eigenvalue weighted by Crippen LogP contribution is 2.34. The molecule has 0 aromatic heterocycles. The maximum absolute atomic E-state index is 12.7. The Morgan fingerprint density at radius 2 is 1.80 bits per heavy atom. The summed E-state index contributed by atoms with van der Waals surface area (Å²) in [4.78, 5) is 27.1. The molecule has 2 N–H and O–H groups in total. The van der Waals surface area contributed by atoms with Crippen molar-refractivity contribution in [2.75, 3.05) is 26.7 Å². The lowest BCUT2D eigenvalue weighted by Crippen LogP contribution is -2.37. The van der Waals surface area contributed by atoms with Crippen LogP contribution in [0.2, 0.25) is 0 Å². The molecule has 5 rings (SSSR count). The number of hydrogen-bond donors (Lipinski definition) is 2. The number of carbonyl (C=O) groups is 2. The molecule has 180 valence electrons. The Labute approximate surface area is 205 Å². The molecule has 0 radical (unpaired) electrons. The number of benzene rings is 3. The molecule has 0 saturated heterocycles. The van der Waals surface area contributed by atoms with Crippen molar-refractivity contribution in [1.29, 1.82) is 0 Å². The Kier molecular flexibility index (Phi) is 6.68. The summed E-state index contributed by atoms with van der Waals surface area (Å²) in [5.41, 5.74) is 3.64. The summed E-state index contributed by atoms with van der Waals surface area (Å²) in [6, 6.07) is 23.1. The number of carbonyl (C=O) groups excluding carboxylic acids is 2. The van der Waals surface area contributed by atoms with Gasteiger partial charge < -0.3 is 20.1 Å². The van der Waals surface area contributed by atoms with Crippen LogP contribution >= 0.6 is 0 Å². The molecule has 2 aliphatic heterocycles. The Morgan fingerprint density at radius 3 is 2.66 bits per heavy atom. The molecule has 0 saturated carbocycles. The SMILES string of the molecule is COc1ccccc1C1CN(CCNC(=O)CC2NC(=O)c3ccccc32)Cc2ccccc2O1. The number of hydrogen-bond acceptors (Lipinski definition) is 5. The van der Waals surface area contributed by atoms with Crippen molar-refractivity contribution in [2.45, 2.75) is 25.1 Å². The van der Waals surface area contributed by atoms with Gasteiger partial charge in [-0.2, -0.15) is 0 Å². The molecule has 2 atom stereocenters. The molecule has 0 aliphatic carbocycles. The molecule has 7 nitrogen and oxygen atoms in total. The van der Waals surface area contributed by atoms with Crippen LogP contribution in [0.1, 0.15) is 45.6 Å². The van der Waals surface area contributed by atoms with Crippen molar-refractivity contribution >= 4 is 11.8 Å². The number of fused-ring (bicyclic) bond motifs is 2. The van der Waals surface area contributed by atoms with Crippen LogP contribution in [0.5, 0.6) is 11.5 Å². The molecule has 2 unspecified atom stereocenters. The predicted molar refractivity (Wildman–Crippen MR) is 132 cm³/mol. The number of rotatable bonds is 7. The minimum absolute atomic E-state index is 0.0836. The van der Waals surface area contributed by atoms with Crippen molar-refractivity contribution in [1.82, 2.24) is 15.5 Å². The molecule has 3 aromatic carbocycles. The quantitative estimate of drug-likeness (QED) is 0.550. The van der Waals surface area contributed by atoms with Crippen LogP contribution in [0.3, 0.4) is 0 Å². The van der Waals surface area contributed by atoms with Crippen LogP contribution in [0.25, 0.3) is 0 Å². The van der Waals surface area contributed by atoms with Crippen LogP contribution < -0.4 is 20.1 Å². The maximum Gasteiger partial charge on any atom is 0.252 e. The van der Waals surface area contributed by atoms with Crippen LogP contribution in [0.15, 0.2) is 72.8 Å². The smallest absolute Gasteiger partial charge is 0.252 e. The molecule has 3 aromatic rings. The molecule has 0 spiro atoms. The molecule has 0 fully saturated rings. The second-order valence-electron chi connectivity index (χ2n) is 8.86. The van der Waals surface area contributed by atoms with E-state index in [2.05, 4.69) is 21.6 Å². The zero-order chi connectivity index (χ0) is 24.2. The van der Waals surface area contributed by atoms with Crippen LogP contribution in [-0.4, -0.2) is 43.5 Å². The summed E-state index contributed by atoms with van der Waals surface area (Å²) in [6.45, 7) is 2.56. The molecule has 0 bridgehead atoms. The van der Waals surface area contributed by atoms with Gasteiger partial charge in [0.05, 0.1) is 19.6 Å². The number of ether oxygens (including phenoxy) is 2. The van der Waals surface area contributed by atoms with Crippen molar-refractivity contribution in [3.63, 3.8) is 0 Å². The Balaban J connectivity index is 1.23. The second-order valence-corrected chi connectivity index (χ2v) is 8.86. The number of para-hydroxylation sites is 2. The van der Waals surface area contributed by atoms with E-state index in [4.69, 9.17) is 9.47 Å². The van der Waals surface area contributed by atoms with Crippen LogP contribution in [0, 0.1) is 0 Å². The lowest BCUT2D eigenvalue weighted by atomic mass is 10.0. The van der Waals surface area contributed by atoms with Crippen molar-refractivity contribution < 1.29 is 19.1 Å². The Morgan fingerprint density at radius 1 is 1.06 bits per heavy atom. The predicted octanol–water partition coefficient (Wildman–Crippen LogP) is 3.62. The highest BCUT2D eigenvalue weighted by molar-refractivity contribution is 5.99. The van der Waals surface area contributed by atoms with Gasteiger partial charge in [-0.15, -0.1) is 0 Å². The maximum atomic E-state index is 12.7. The monoisotopic (exact) mass is 471 g/mol. The fourth-order valence-electron chi connectivity index (χ4n) is 4.84. The number of nitrogens with zero attached hydrogens (tertiary/aromatic N) is 1. The van der Waals surface area contributed by atoms with Gasteiger partial charge in [0.1, 0.15) is 17.6 Å². The van der Waals surface area contributed by atoms with Crippen molar-refractivity contribution in [3.8, 4) is 11.5 Å². The van der Waals surface area contributed by atoms with E-state index in [0.717, 1.165) is 34.7 Å². The van der Waals surface area contributed by atoms with Gasteiger partial charge in [-0.25, -0.2) is 0 Å². The lowest BCUT2D eigenvalue weighted by molar-refractivity contribution is -0.121.